The van der Waals surface area contributed by atoms with E-state index in [2.05, 4.69) is 0 Å². The Morgan fingerprint density at radius 3 is 2.71 bits per heavy atom. The lowest BCUT2D eigenvalue weighted by atomic mass is 9.98. The van der Waals surface area contributed by atoms with Crippen LogP contribution < -0.4 is 0 Å². The maximum absolute atomic E-state index is 11.4. The highest BCUT2D eigenvalue weighted by atomic mass is 35.5. The molecule has 1 aliphatic heterocycles. The Balaban J connectivity index is 2.22. The Kier molecular flexibility index (Phi) is 2.93. The van der Waals surface area contributed by atoms with Gasteiger partial charge in [0.15, 0.2) is 0 Å². The van der Waals surface area contributed by atoms with E-state index in [0.717, 1.165) is 4.90 Å². The third-order valence-electron chi connectivity index (χ3n) is 2.80. The van der Waals surface area contributed by atoms with Gasteiger partial charge in [0.25, 0.3) is 0 Å². The molecule has 17 heavy (non-hydrogen) atoms. The van der Waals surface area contributed by atoms with Crippen LogP contribution in [-0.4, -0.2) is 33.7 Å². The summed E-state index contributed by atoms with van der Waals surface area (Å²) >= 11 is 5.67. The summed E-state index contributed by atoms with van der Waals surface area (Å²) in [6.45, 7) is 0.120. The van der Waals surface area contributed by atoms with E-state index in [9.17, 15) is 14.7 Å². The number of amides is 2. The Morgan fingerprint density at radius 1 is 1.47 bits per heavy atom. The number of carboxylic acid groups (broad SMARTS) is 1. The Morgan fingerprint density at radius 2 is 2.18 bits per heavy atom. The zero-order valence-corrected chi connectivity index (χ0v) is 9.52. The molecule has 1 heterocycles. The number of likely N-dealkylation sites (tertiary alicyclic amines) is 1. The predicted molar refractivity (Wildman–Crippen MR) is 60.2 cm³/mol. The number of rotatable bonds is 1. The van der Waals surface area contributed by atoms with E-state index in [1.54, 1.807) is 6.07 Å². The van der Waals surface area contributed by atoms with E-state index in [-0.39, 0.29) is 29.7 Å². The molecular formula is C11H10ClNO4. The van der Waals surface area contributed by atoms with Crippen LogP contribution in [0.2, 0.25) is 5.02 Å². The van der Waals surface area contributed by atoms with Gasteiger partial charge >= 0.3 is 6.09 Å². The van der Waals surface area contributed by atoms with Crippen LogP contribution in [0, 0.1) is 0 Å². The fourth-order valence-corrected chi connectivity index (χ4v) is 2.02. The van der Waals surface area contributed by atoms with Gasteiger partial charge in [0.05, 0.1) is 5.02 Å². The highest BCUT2D eigenvalue weighted by Gasteiger charge is 2.34. The number of imide groups is 1. The molecule has 2 amide bonds. The molecule has 2 N–H and O–H groups in total. The number of phenols is 1. The predicted octanol–water partition coefficient (Wildman–Crippen LogP) is 2.04. The van der Waals surface area contributed by atoms with Crippen LogP contribution in [0.25, 0.3) is 0 Å². The fraction of sp³-hybridized carbons (Fsp3) is 0.273. The van der Waals surface area contributed by atoms with Gasteiger partial charge in [-0.25, -0.2) is 9.69 Å². The molecule has 1 aromatic rings. The van der Waals surface area contributed by atoms with E-state index in [1.807, 2.05) is 0 Å². The summed E-state index contributed by atoms with van der Waals surface area (Å²) in [4.78, 5) is 22.9. The van der Waals surface area contributed by atoms with Gasteiger partial charge in [0.2, 0.25) is 5.91 Å². The van der Waals surface area contributed by atoms with Crippen molar-refractivity contribution in [2.24, 2.45) is 0 Å². The SMILES string of the molecule is O=C(O)N1C[C@@H](c2ccc(Cl)c(O)c2)CC1=O. The molecule has 1 aliphatic rings. The molecule has 2 rings (SSSR count). The molecule has 6 heteroatoms. The maximum atomic E-state index is 11.4. The number of hydrogen-bond acceptors (Lipinski definition) is 3. The average molecular weight is 256 g/mol. The van der Waals surface area contributed by atoms with Gasteiger partial charge in [-0.15, -0.1) is 0 Å². The second-order valence-corrected chi connectivity index (χ2v) is 4.31. The summed E-state index contributed by atoms with van der Waals surface area (Å²) in [5, 5.41) is 18.5. The van der Waals surface area contributed by atoms with Crippen LogP contribution in [0.4, 0.5) is 4.79 Å². The summed E-state index contributed by atoms with van der Waals surface area (Å²) in [5.74, 6) is -0.705. The molecule has 1 atom stereocenters. The molecule has 0 bridgehead atoms. The maximum Gasteiger partial charge on any atom is 0.414 e. The van der Waals surface area contributed by atoms with Crippen LogP contribution >= 0.6 is 11.6 Å². The van der Waals surface area contributed by atoms with Gasteiger partial charge in [-0.2, -0.15) is 0 Å². The molecular weight excluding hydrogens is 246 g/mol. The first-order chi connectivity index (χ1) is 7.99. The lowest BCUT2D eigenvalue weighted by molar-refractivity contribution is -0.125. The van der Waals surface area contributed by atoms with Crippen LogP contribution in [0.15, 0.2) is 18.2 Å². The normalized spacial score (nSPS) is 19.7. The number of nitrogens with zero attached hydrogens (tertiary/aromatic N) is 1. The third kappa shape index (κ3) is 2.19. The lowest BCUT2D eigenvalue weighted by Gasteiger charge is -2.11. The molecule has 0 radical (unpaired) electrons. The number of benzene rings is 1. The number of aromatic hydroxyl groups is 1. The first-order valence-corrected chi connectivity index (χ1v) is 5.38. The van der Waals surface area contributed by atoms with Crippen molar-refractivity contribution in [2.75, 3.05) is 6.54 Å². The quantitative estimate of drug-likeness (QED) is 0.805. The minimum absolute atomic E-state index is 0.0645. The summed E-state index contributed by atoms with van der Waals surface area (Å²) in [6.07, 6.45) is -1.11. The first kappa shape index (κ1) is 11.7. The van der Waals surface area contributed by atoms with E-state index in [1.165, 1.54) is 12.1 Å². The molecule has 1 aromatic carbocycles. The van der Waals surface area contributed by atoms with Crippen molar-refractivity contribution in [3.8, 4) is 5.75 Å². The number of phenolic OH excluding ortho intramolecular Hbond substituents is 1. The topological polar surface area (TPSA) is 77.8 Å². The minimum Gasteiger partial charge on any atom is -0.506 e. The smallest absolute Gasteiger partial charge is 0.414 e. The monoisotopic (exact) mass is 255 g/mol. The highest BCUT2D eigenvalue weighted by Crippen LogP contribution is 2.32. The summed E-state index contributed by atoms with van der Waals surface area (Å²) in [5.41, 5.74) is 0.712. The van der Waals surface area contributed by atoms with Crippen LogP contribution in [0.5, 0.6) is 5.75 Å². The molecule has 1 saturated heterocycles. The van der Waals surface area contributed by atoms with E-state index in [0.29, 0.717) is 5.56 Å². The molecule has 0 aromatic heterocycles. The number of halogens is 1. The van der Waals surface area contributed by atoms with Crippen molar-refractivity contribution in [2.45, 2.75) is 12.3 Å². The second kappa shape index (κ2) is 4.25. The standard InChI is InChI=1S/C11H10ClNO4/c12-8-2-1-6(3-9(8)14)7-4-10(15)13(5-7)11(16)17/h1-3,7,14H,4-5H2,(H,16,17)/t7-/m0/s1. The average Bonchev–Trinajstić information content (AvgIpc) is 2.64. The molecule has 0 aliphatic carbocycles. The van der Waals surface area contributed by atoms with Crippen molar-refractivity contribution in [3.63, 3.8) is 0 Å². The Labute approximate surface area is 102 Å². The van der Waals surface area contributed by atoms with Crippen LogP contribution in [-0.2, 0) is 4.79 Å². The Hall–Kier alpha value is -1.75. The number of hydrogen-bond donors (Lipinski definition) is 2. The third-order valence-corrected chi connectivity index (χ3v) is 3.12. The minimum atomic E-state index is -1.24. The molecule has 5 nitrogen and oxygen atoms in total. The largest absolute Gasteiger partial charge is 0.506 e. The van der Waals surface area contributed by atoms with Gasteiger partial charge in [0, 0.05) is 18.9 Å². The summed E-state index contributed by atoms with van der Waals surface area (Å²) in [6, 6.07) is 4.68. The van der Waals surface area contributed by atoms with Crippen LogP contribution in [0.1, 0.15) is 17.9 Å². The summed E-state index contributed by atoms with van der Waals surface area (Å²) < 4.78 is 0. The van der Waals surface area contributed by atoms with Crippen molar-refractivity contribution in [1.82, 2.24) is 4.90 Å². The number of carbonyl (C=O) groups excluding carboxylic acids is 1. The van der Waals surface area contributed by atoms with E-state index >= 15 is 0 Å². The van der Waals surface area contributed by atoms with Crippen molar-refractivity contribution < 1.29 is 19.8 Å². The lowest BCUT2D eigenvalue weighted by Crippen LogP contribution is -2.30. The van der Waals surface area contributed by atoms with Crippen molar-refractivity contribution in [3.05, 3.63) is 28.8 Å². The van der Waals surface area contributed by atoms with Gasteiger partial charge in [-0.05, 0) is 17.7 Å². The fourth-order valence-electron chi connectivity index (χ4n) is 1.90. The van der Waals surface area contributed by atoms with E-state index < -0.39 is 12.0 Å². The first-order valence-electron chi connectivity index (χ1n) is 5.00. The van der Waals surface area contributed by atoms with Gasteiger partial charge in [0.1, 0.15) is 5.75 Å². The zero-order valence-electron chi connectivity index (χ0n) is 8.76. The van der Waals surface area contributed by atoms with Gasteiger partial charge < -0.3 is 10.2 Å². The van der Waals surface area contributed by atoms with Crippen molar-refractivity contribution >= 4 is 23.6 Å². The molecule has 1 fully saturated rings. The second-order valence-electron chi connectivity index (χ2n) is 3.90. The Bertz CT molecular complexity index is 488. The zero-order chi connectivity index (χ0) is 12.6. The molecule has 0 spiro atoms. The van der Waals surface area contributed by atoms with Gasteiger partial charge in [-0.1, -0.05) is 17.7 Å². The van der Waals surface area contributed by atoms with Crippen molar-refractivity contribution in [1.29, 1.82) is 0 Å². The molecule has 0 unspecified atom stereocenters. The summed E-state index contributed by atoms with van der Waals surface area (Å²) in [7, 11) is 0. The molecule has 0 saturated carbocycles. The van der Waals surface area contributed by atoms with Crippen LogP contribution in [0.3, 0.4) is 0 Å². The number of carbonyl (C=O) groups is 2. The highest BCUT2D eigenvalue weighted by molar-refractivity contribution is 6.32. The van der Waals surface area contributed by atoms with E-state index in [4.69, 9.17) is 16.7 Å². The van der Waals surface area contributed by atoms with Gasteiger partial charge in [-0.3, -0.25) is 4.79 Å². The molecule has 90 valence electrons.